The van der Waals surface area contributed by atoms with E-state index in [4.69, 9.17) is 11.6 Å². The van der Waals surface area contributed by atoms with Gasteiger partial charge in [0, 0.05) is 4.98 Å². The van der Waals surface area contributed by atoms with Crippen molar-refractivity contribution in [2.45, 2.75) is 0 Å². The van der Waals surface area contributed by atoms with E-state index < -0.39 is 0 Å². The molecule has 126 valence electrons. The number of nitrogens with zero attached hydrogens (tertiary/aromatic N) is 5. The van der Waals surface area contributed by atoms with Gasteiger partial charge in [-0.05, 0) is 30.0 Å². The average molecular weight is 361 g/mol. The maximum Gasteiger partial charge on any atom is 0.477 e. The summed E-state index contributed by atoms with van der Waals surface area (Å²) in [5.41, 5.74) is 0.779. The van der Waals surface area contributed by atoms with Gasteiger partial charge in [0.2, 0.25) is 0 Å². The fourth-order valence-electron chi connectivity index (χ4n) is 2.47. The van der Waals surface area contributed by atoms with E-state index in [9.17, 15) is 0 Å². The number of para-hydroxylation sites is 1. The fraction of sp³-hybridized carbons (Fsp3) is 0. The Bertz CT molecular complexity index is 1010. The van der Waals surface area contributed by atoms with Crippen molar-refractivity contribution in [1.82, 2.24) is 9.97 Å². The molecule has 4 aromatic rings. The van der Waals surface area contributed by atoms with E-state index in [0.717, 1.165) is 5.69 Å². The summed E-state index contributed by atoms with van der Waals surface area (Å²) in [4.78, 5) is 9.20. The number of halogens is 1. The van der Waals surface area contributed by atoms with Crippen LogP contribution in [0.1, 0.15) is 0 Å². The third kappa shape index (κ3) is 3.38. The Balaban J connectivity index is 1.87. The van der Waals surface area contributed by atoms with Crippen molar-refractivity contribution >= 4 is 23.1 Å². The Morgan fingerprint density at radius 3 is 1.92 bits per heavy atom. The normalized spacial score (nSPS) is 10.5. The highest BCUT2D eigenvalue weighted by molar-refractivity contribution is 6.34. The zero-order chi connectivity index (χ0) is 17.8. The van der Waals surface area contributed by atoms with Gasteiger partial charge in [0.05, 0.1) is 24.8 Å². The summed E-state index contributed by atoms with van der Waals surface area (Å²) in [6.45, 7) is 0. The highest BCUT2D eigenvalue weighted by Gasteiger charge is 2.25. The molecule has 4 rings (SSSR count). The van der Waals surface area contributed by atoms with Crippen molar-refractivity contribution in [1.29, 1.82) is 0 Å². The van der Waals surface area contributed by atoms with Crippen LogP contribution in [-0.2, 0) is 0 Å². The molecular weight excluding hydrogens is 346 g/mol. The summed E-state index contributed by atoms with van der Waals surface area (Å²) in [7, 11) is 0. The molecule has 0 saturated heterocycles. The first-order chi connectivity index (χ1) is 12.8. The molecule has 5 nitrogen and oxygen atoms in total. The molecule has 0 amide bonds. The van der Waals surface area contributed by atoms with Crippen molar-refractivity contribution in [3.63, 3.8) is 0 Å². The van der Waals surface area contributed by atoms with Gasteiger partial charge in [0.15, 0.2) is 10.8 Å². The van der Waals surface area contributed by atoms with Crippen molar-refractivity contribution in [3.8, 4) is 11.8 Å². The Labute approximate surface area is 156 Å². The van der Waals surface area contributed by atoms with Crippen molar-refractivity contribution < 1.29 is 9.13 Å². The lowest BCUT2D eigenvalue weighted by atomic mass is 10.3. The Morgan fingerprint density at radius 1 is 0.692 bits per heavy atom. The van der Waals surface area contributed by atoms with Crippen LogP contribution >= 0.6 is 11.6 Å². The van der Waals surface area contributed by atoms with Gasteiger partial charge >= 0.3 is 11.8 Å². The second-order valence-corrected chi connectivity index (χ2v) is 5.88. The number of benzene rings is 1. The maximum absolute atomic E-state index is 6.60. The molecule has 0 saturated carbocycles. The minimum Gasteiger partial charge on any atom is -0.400 e. The van der Waals surface area contributed by atoms with Crippen molar-refractivity contribution in [3.05, 3.63) is 102 Å². The molecule has 0 spiro atoms. The molecule has 3 heterocycles. The average Bonchev–Trinajstić information content (AvgIpc) is 2.71. The second kappa shape index (κ2) is 7.29. The summed E-state index contributed by atoms with van der Waals surface area (Å²) in [5, 5.41) is 5.00. The summed E-state index contributed by atoms with van der Waals surface area (Å²) in [6, 6.07) is 21.2. The number of hydrogen-bond donors (Lipinski definition) is 0. The van der Waals surface area contributed by atoms with Crippen LogP contribution in [0.2, 0.25) is 5.02 Å². The van der Waals surface area contributed by atoms with Gasteiger partial charge in [-0.3, -0.25) is 0 Å². The summed E-state index contributed by atoms with van der Waals surface area (Å²) in [5.74, 6) is 1.49. The van der Waals surface area contributed by atoms with Gasteiger partial charge < -0.3 is 5.32 Å². The first kappa shape index (κ1) is 16.2. The summed E-state index contributed by atoms with van der Waals surface area (Å²) < 4.78 is 3.67. The van der Waals surface area contributed by atoms with Crippen LogP contribution < -0.4 is 9.13 Å². The Morgan fingerprint density at radius 2 is 1.27 bits per heavy atom. The molecule has 26 heavy (non-hydrogen) atoms. The van der Waals surface area contributed by atoms with E-state index in [1.807, 2.05) is 101 Å². The van der Waals surface area contributed by atoms with E-state index in [1.54, 1.807) is 0 Å². The monoisotopic (exact) mass is 360 g/mol. The highest BCUT2D eigenvalue weighted by atomic mass is 35.5. The van der Waals surface area contributed by atoms with Gasteiger partial charge in [-0.25, -0.2) is 4.57 Å². The minimum absolute atomic E-state index is 0.394. The molecule has 0 aliphatic rings. The van der Waals surface area contributed by atoms with Crippen LogP contribution in [-0.4, -0.2) is 9.97 Å². The zero-order valence-electron chi connectivity index (χ0n) is 13.8. The number of pyridine rings is 2. The van der Waals surface area contributed by atoms with Gasteiger partial charge in [-0.2, -0.15) is 4.57 Å². The molecule has 0 N–H and O–H groups in total. The first-order valence-electron chi connectivity index (χ1n) is 8.09. The molecule has 0 aliphatic heterocycles. The SMILES string of the molecule is Clc1c([N-]c2ccccc2)nc(-[n+]2ccccc2)nc1-[n+]1ccccc1. The van der Waals surface area contributed by atoms with Crippen molar-refractivity contribution in [2.75, 3.05) is 0 Å². The number of aromatic nitrogens is 4. The molecular formula is C20H15ClN5+. The molecule has 0 aliphatic carbocycles. The lowest BCUT2D eigenvalue weighted by Crippen LogP contribution is -2.37. The van der Waals surface area contributed by atoms with E-state index >= 15 is 0 Å². The third-order valence-electron chi connectivity index (χ3n) is 3.70. The maximum atomic E-state index is 6.60. The lowest BCUT2D eigenvalue weighted by molar-refractivity contribution is -0.614. The Hall–Kier alpha value is -3.31. The van der Waals surface area contributed by atoms with E-state index in [2.05, 4.69) is 15.3 Å². The molecule has 6 heteroatoms. The zero-order valence-corrected chi connectivity index (χ0v) is 14.5. The molecule has 0 fully saturated rings. The van der Waals surface area contributed by atoms with E-state index in [-0.39, 0.29) is 0 Å². The molecule has 0 atom stereocenters. The lowest BCUT2D eigenvalue weighted by Gasteiger charge is -2.09. The Kier molecular flexibility index (Phi) is 4.53. The smallest absolute Gasteiger partial charge is 0.400 e. The minimum atomic E-state index is 0.394. The molecule has 0 unspecified atom stereocenters. The molecule has 0 radical (unpaired) electrons. The predicted molar refractivity (Wildman–Crippen MR) is 99.2 cm³/mol. The first-order valence-corrected chi connectivity index (χ1v) is 8.47. The third-order valence-corrected chi connectivity index (χ3v) is 4.04. The van der Waals surface area contributed by atoms with Crippen LogP contribution in [0, 0.1) is 0 Å². The van der Waals surface area contributed by atoms with Crippen molar-refractivity contribution in [2.24, 2.45) is 0 Å². The van der Waals surface area contributed by atoms with Crippen LogP contribution in [0.3, 0.4) is 0 Å². The molecule has 3 aromatic heterocycles. The van der Waals surface area contributed by atoms with Gasteiger partial charge in [0.1, 0.15) is 0 Å². The van der Waals surface area contributed by atoms with E-state index in [0.29, 0.717) is 22.6 Å². The second-order valence-electron chi connectivity index (χ2n) is 5.50. The quantitative estimate of drug-likeness (QED) is 0.516. The summed E-state index contributed by atoms with van der Waals surface area (Å²) in [6.07, 6.45) is 7.55. The highest BCUT2D eigenvalue weighted by Crippen LogP contribution is 2.35. The van der Waals surface area contributed by atoms with Gasteiger partial charge in [0.25, 0.3) is 0 Å². The number of hydrogen-bond acceptors (Lipinski definition) is 2. The topological polar surface area (TPSA) is 47.6 Å². The predicted octanol–water partition coefficient (Wildman–Crippen LogP) is 4.02. The van der Waals surface area contributed by atoms with Gasteiger partial charge in [-0.1, -0.05) is 59.0 Å². The van der Waals surface area contributed by atoms with Crippen LogP contribution in [0.4, 0.5) is 11.5 Å². The number of rotatable bonds is 4. The molecule has 1 aromatic carbocycles. The van der Waals surface area contributed by atoms with Gasteiger partial charge in [-0.15, -0.1) is 0 Å². The largest absolute Gasteiger partial charge is 0.477 e. The summed E-state index contributed by atoms with van der Waals surface area (Å²) >= 11 is 6.60. The van der Waals surface area contributed by atoms with Crippen LogP contribution in [0.25, 0.3) is 17.1 Å². The fourth-order valence-corrected chi connectivity index (χ4v) is 2.69. The van der Waals surface area contributed by atoms with E-state index in [1.165, 1.54) is 0 Å². The standard InChI is InChI=1S/C20H15ClN5/c21-17-18(22-16-10-4-1-5-11-16)23-20(26-14-8-3-9-15-26)24-19(17)25-12-6-2-7-13-25/h1-15H/q+1. The van der Waals surface area contributed by atoms with Crippen LogP contribution in [0.15, 0.2) is 91.5 Å². The van der Waals surface area contributed by atoms with Crippen LogP contribution in [0.5, 0.6) is 0 Å². The molecule has 0 bridgehead atoms.